The van der Waals surface area contributed by atoms with Crippen molar-refractivity contribution in [1.82, 2.24) is 14.3 Å². The molecule has 1 saturated heterocycles. The molecule has 0 saturated carbocycles. The van der Waals surface area contributed by atoms with Crippen molar-refractivity contribution in [2.24, 2.45) is 0 Å². The quantitative estimate of drug-likeness (QED) is 0.864. The first-order valence-corrected chi connectivity index (χ1v) is 9.37. The van der Waals surface area contributed by atoms with Gasteiger partial charge in [-0.05, 0) is 38.3 Å². The lowest BCUT2D eigenvalue weighted by molar-refractivity contribution is 0.254. The van der Waals surface area contributed by atoms with Crippen LogP contribution in [0.2, 0.25) is 0 Å². The van der Waals surface area contributed by atoms with Crippen molar-refractivity contribution in [2.75, 3.05) is 6.54 Å². The zero-order chi connectivity index (χ0) is 16.5. The van der Waals surface area contributed by atoms with E-state index in [0.717, 1.165) is 24.1 Å². The first-order valence-electron chi connectivity index (χ1n) is 7.76. The van der Waals surface area contributed by atoms with Gasteiger partial charge in [0.2, 0.25) is 10.0 Å². The molecule has 1 aromatic heterocycles. The summed E-state index contributed by atoms with van der Waals surface area (Å²) in [6.07, 6.45) is 3.26. The van der Waals surface area contributed by atoms with E-state index in [-0.39, 0.29) is 5.75 Å². The van der Waals surface area contributed by atoms with E-state index in [9.17, 15) is 8.42 Å². The Morgan fingerprint density at radius 2 is 1.96 bits per heavy atom. The topological polar surface area (TPSA) is 63.2 Å². The minimum absolute atomic E-state index is 0.00917. The molecular formula is C17H21N3O2S. The van der Waals surface area contributed by atoms with Gasteiger partial charge in [0.15, 0.2) is 0 Å². The Hall–Kier alpha value is -1.79. The summed E-state index contributed by atoms with van der Waals surface area (Å²) < 4.78 is 27.5. The van der Waals surface area contributed by atoms with Gasteiger partial charge in [0.25, 0.3) is 0 Å². The Morgan fingerprint density at radius 3 is 2.65 bits per heavy atom. The first kappa shape index (κ1) is 16.1. The number of sulfonamides is 1. The smallest absolute Gasteiger partial charge is 0.219 e. The van der Waals surface area contributed by atoms with Gasteiger partial charge in [-0.2, -0.15) is 4.31 Å². The van der Waals surface area contributed by atoms with Gasteiger partial charge in [-0.25, -0.2) is 18.4 Å². The van der Waals surface area contributed by atoms with Crippen LogP contribution in [0.1, 0.15) is 36.8 Å². The number of aryl methyl sites for hydroxylation is 1. The Bertz CT molecular complexity index is 792. The lowest BCUT2D eigenvalue weighted by Gasteiger charge is -2.33. The Kier molecular flexibility index (Phi) is 4.21. The number of benzene rings is 1. The Labute approximate surface area is 137 Å². The molecule has 1 aromatic carbocycles. The predicted molar refractivity (Wildman–Crippen MR) is 89.1 cm³/mol. The van der Waals surface area contributed by atoms with E-state index in [4.69, 9.17) is 0 Å². The molecule has 3 rings (SSSR count). The molecule has 0 radical (unpaired) electrons. The van der Waals surface area contributed by atoms with E-state index in [1.54, 1.807) is 10.5 Å². The molecule has 0 N–H and O–H groups in total. The highest BCUT2D eigenvalue weighted by Gasteiger charge is 2.46. The van der Waals surface area contributed by atoms with Gasteiger partial charge < -0.3 is 0 Å². The van der Waals surface area contributed by atoms with Crippen LogP contribution in [0.4, 0.5) is 0 Å². The molecule has 0 amide bonds. The third-order valence-corrected chi connectivity index (χ3v) is 6.33. The monoisotopic (exact) mass is 331 g/mol. The van der Waals surface area contributed by atoms with Gasteiger partial charge in [0, 0.05) is 18.4 Å². The molecule has 0 aliphatic carbocycles. The summed E-state index contributed by atoms with van der Waals surface area (Å²) in [5, 5.41) is 0. The maximum atomic E-state index is 12.9. The van der Waals surface area contributed by atoms with Crippen LogP contribution in [0, 0.1) is 6.92 Å². The van der Waals surface area contributed by atoms with E-state index >= 15 is 0 Å². The third-order valence-electron chi connectivity index (χ3n) is 4.38. The van der Waals surface area contributed by atoms with E-state index < -0.39 is 15.6 Å². The molecule has 1 atom stereocenters. The fourth-order valence-electron chi connectivity index (χ4n) is 3.18. The minimum atomic E-state index is -3.43. The summed E-state index contributed by atoms with van der Waals surface area (Å²) in [5.74, 6) is 0.599. The highest BCUT2D eigenvalue weighted by Crippen LogP contribution is 2.39. The Morgan fingerprint density at radius 1 is 1.22 bits per heavy atom. The van der Waals surface area contributed by atoms with Crippen LogP contribution in [0.15, 0.2) is 42.6 Å². The summed E-state index contributed by atoms with van der Waals surface area (Å²) in [4.78, 5) is 8.83. The zero-order valence-corrected chi connectivity index (χ0v) is 14.3. The van der Waals surface area contributed by atoms with Crippen LogP contribution in [-0.2, 0) is 21.3 Å². The van der Waals surface area contributed by atoms with Crippen LogP contribution in [0.25, 0.3) is 0 Å². The van der Waals surface area contributed by atoms with E-state index in [1.807, 2.05) is 50.2 Å². The second kappa shape index (κ2) is 6.02. The fraction of sp³-hybridized carbons (Fsp3) is 0.412. The van der Waals surface area contributed by atoms with Crippen molar-refractivity contribution in [2.45, 2.75) is 38.0 Å². The average molecular weight is 331 g/mol. The van der Waals surface area contributed by atoms with Crippen LogP contribution in [0.3, 0.4) is 0 Å². The van der Waals surface area contributed by atoms with E-state index in [2.05, 4.69) is 9.97 Å². The van der Waals surface area contributed by atoms with Crippen LogP contribution in [-0.4, -0.2) is 29.2 Å². The summed E-state index contributed by atoms with van der Waals surface area (Å²) in [6, 6.07) is 11.1. The summed E-state index contributed by atoms with van der Waals surface area (Å²) in [5.41, 5.74) is 0.982. The highest BCUT2D eigenvalue weighted by molar-refractivity contribution is 7.88. The van der Waals surface area contributed by atoms with Crippen molar-refractivity contribution < 1.29 is 8.42 Å². The van der Waals surface area contributed by atoms with Crippen LogP contribution < -0.4 is 0 Å². The van der Waals surface area contributed by atoms with Gasteiger partial charge in [0.05, 0.1) is 11.3 Å². The fourth-order valence-corrected chi connectivity index (χ4v) is 5.14. The Balaban J connectivity index is 1.94. The van der Waals surface area contributed by atoms with Crippen molar-refractivity contribution >= 4 is 10.0 Å². The van der Waals surface area contributed by atoms with Crippen molar-refractivity contribution in [3.63, 3.8) is 0 Å². The second-order valence-corrected chi connectivity index (χ2v) is 8.11. The number of nitrogens with zero attached hydrogens (tertiary/aromatic N) is 3. The van der Waals surface area contributed by atoms with Crippen LogP contribution >= 0.6 is 0 Å². The zero-order valence-electron chi connectivity index (χ0n) is 13.4. The summed E-state index contributed by atoms with van der Waals surface area (Å²) in [7, 11) is -3.43. The number of hydrogen-bond acceptors (Lipinski definition) is 4. The summed E-state index contributed by atoms with van der Waals surface area (Å²) >= 11 is 0. The molecule has 122 valence electrons. The van der Waals surface area contributed by atoms with Gasteiger partial charge in [0.1, 0.15) is 5.82 Å². The maximum absolute atomic E-state index is 12.9. The molecule has 0 spiro atoms. The van der Waals surface area contributed by atoms with Gasteiger partial charge in [-0.1, -0.05) is 30.3 Å². The first-order chi connectivity index (χ1) is 10.9. The standard InChI is InChI=1S/C17H21N3O2S/c1-14-9-11-18-16(19-14)17(2)10-6-12-20(17)23(21,22)13-15-7-4-3-5-8-15/h3-5,7-9,11H,6,10,12-13H2,1-2H3. The molecule has 2 aromatic rings. The number of hydrogen-bond donors (Lipinski definition) is 0. The highest BCUT2D eigenvalue weighted by atomic mass is 32.2. The van der Waals surface area contributed by atoms with Crippen molar-refractivity contribution in [3.8, 4) is 0 Å². The maximum Gasteiger partial charge on any atom is 0.219 e. The number of aromatic nitrogens is 2. The average Bonchev–Trinajstić information content (AvgIpc) is 2.92. The molecule has 23 heavy (non-hydrogen) atoms. The molecule has 1 fully saturated rings. The minimum Gasteiger partial charge on any atom is -0.239 e. The molecule has 1 aliphatic heterocycles. The van der Waals surface area contributed by atoms with Crippen molar-refractivity contribution in [3.05, 3.63) is 59.7 Å². The molecular weight excluding hydrogens is 310 g/mol. The normalized spacial score (nSPS) is 22.3. The van der Waals surface area contributed by atoms with Gasteiger partial charge >= 0.3 is 0 Å². The molecule has 1 unspecified atom stereocenters. The largest absolute Gasteiger partial charge is 0.239 e. The molecule has 5 nitrogen and oxygen atoms in total. The summed E-state index contributed by atoms with van der Waals surface area (Å²) in [6.45, 7) is 4.34. The van der Waals surface area contributed by atoms with E-state index in [0.29, 0.717) is 12.4 Å². The number of rotatable bonds is 4. The SMILES string of the molecule is Cc1ccnc(C2(C)CCCN2S(=O)(=O)Cc2ccccc2)n1. The predicted octanol–water partition coefficient (Wildman–Crippen LogP) is 2.63. The van der Waals surface area contributed by atoms with Crippen molar-refractivity contribution in [1.29, 1.82) is 0 Å². The second-order valence-electron chi connectivity index (χ2n) is 6.21. The third kappa shape index (κ3) is 3.14. The van der Waals surface area contributed by atoms with Gasteiger partial charge in [-0.15, -0.1) is 0 Å². The van der Waals surface area contributed by atoms with E-state index in [1.165, 1.54) is 0 Å². The lowest BCUT2D eigenvalue weighted by Crippen LogP contribution is -2.44. The lowest BCUT2D eigenvalue weighted by atomic mass is 9.99. The van der Waals surface area contributed by atoms with Gasteiger partial charge in [-0.3, -0.25) is 0 Å². The molecule has 6 heteroatoms. The van der Waals surface area contributed by atoms with Crippen LogP contribution in [0.5, 0.6) is 0 Å². The molecule has 1 aliphatic rings. The molecule has 0 bridgehead atoms. The molecule has 2 heterocycles.